The highest BCUT2D eigenvalue weighted by Crippen LogP contribution is 2.78. The quantitative estimate of drug-likeness (QED) is 0.137. The molecule has 0 unspecified atom stereocenters. The molecule has 9 fully saturated rings. The number of rotatable bonds is 14. The van der Waals surface area contributed by atoms with Crippen molar-refractivity contribution < 1.29 is 14.1 Å². The summed E-state index contributed by atoms with van der Waals surface area (Å²) in [5, 5.41) is 12.3. The van der Waals surface area contributed by atoms with Crippen molar-refractivity contribution in [2.45, 2.75) is 357 Å². The molecule has 0 aromatic heterocycles. The van der Waals surface area contributed by atoms with Crippen molar-refractivity contribution in [3.05, 3.63) is 116 Å². The van der Waals surface area contributed by atoms with Crippen LogP contribution < -0.4 is 0 Å². The Labute approximate surface area is 506 Å². The van der Waals surface area contributed by atoms with E-state index in [4.69, 9.17) is 4.18 Å². The number of hydrogen-bond acceptors (Lipinski definition) is 3. The molecular formula is C79H110O3S. The van der Waals surface area contributed by atoms with E-state index in [0.29, 0.717) is 58.8 Å². The monoisotopic (exact) mass is 1140 g/mol. The summed E-state index contributed by atoms with van der Waals surface area (Å²) in [5.74, 6) is 4.12. The van der Waals surface area contributed by atoms with Crippen molar-refractivity contribution in [3.8, 4) is 5.75 Å². The predicted octanol–water partition coefficient (Wildman–Crippen LogP) is 24.9. The Morgan fingerprint density at radius 3 is 0.723 bits per heavy atom. The fourth-order valence-corrected chi connectivity index (χ4v) is 24.2. The van der Waals surface area contributed by atoms with Gasteiger partial charge < -0.3 is 9.29 Å². The minimum absolute atomic E-state index is 0.0683. The molecule has 0 heterocycles. The summed E-state index contributed by atoms with van der Waals surface area (Å²) in [6.07, 6.45) is 58.0. The smallest absolute Gasteiger partial charge is 0.353 e. The van der Waals surface area contributed by atoms with Crippen LogP contribution in [0.3, 0.4) is 0 Å². The molecule has 3 nitrogen and oxygen atoms in total. The molecule has 4 heteroatoms. The molecule has 9 saturated carbocycles. The van der Waals surface area contributed by atoms with E-state index in [9.17, 15) is 5.11 Å². The molecule has 0 amide bonds. The maximum absolute atomic E-state index is 17.1. The predicted molar refractivity (Wildman–Crippen MR) is 348 cm³/mol. The summed E-state index contributed by atoms with van der Waals surface area (Å²) in [7, 11) is -2.98. The molecular weight excluding hydrogens is 1030 g/mol. The van der Waals surface area contributed by atoms with Crippen molar-refractivity contribution in [1.82, 2.24) is 0 Å². The van der Waals surface area contributed by atoms with Gasteiger partial charge in [0.15, 0.2) is 0 Å². The average molecular weight is 1140 g/mol. The van der Waals surface area contributed by atoms with Gasteiger partial charge in [0.05, 0.1) is 0 Å². The summed E-state index contributed by atoms with van der Waals surface area (Å²) in [4.78, 5) is 21.7. The van der Waals surface area contributed by atoms with E-state index >= 15 is 4.79 Å². The fraction of sp³-hybridized carbons (Fsp3) is 0.684. The van der Waals surface area contributed by atoms with Gasteiger partial charge in [-0.05, 0) is 241 Å². The molecule has 83 heavy (non-hydrogen) atoms. The lowest BCUT2D eigenvalue weighted by Crippen LogP contribution is -2.27. The zero-order valence-corrected chi connectivity index (χ0v) is 52.8. The van der Waals surface area contributed by atoms with Crippen LogP contribution in [-0.2, 0) is 4.18 Å². The molecule has 13 rings (SSSR count). The number of para-hydroxylation sites is 1. The van der Waals surface area contributed by atoms with Crippen LogP contribution in [0.5, 0.6) is 5.75 Å². The Morgan fingerprint density at radius 1 is 0.301 bits per heavy atom. The number of carbonyl (C=O) groups is 1. The van der Waals surface area contributed by atoms with Crippen LogP contribution in [0, 0.1) is 0 Å². The molecule has 450 valence electrons. The first-order valence-electron chi connectivity index (χ1n) is 36.4. The summed E-state index contributed by atoms with van der Waals surface area (Å²) < 4.78 is 8.89. The zero-order valence-electron chi connectivity index (χ0n) is 52.0. The van der Waals surface area contributed by atoms with Gasteiger partial charge in [-0.3, -0.25) is 0 Å². The first kappa shape index (κ1) is 58.5. The average Bonchev–Trinajstić information content (AvgIpc) is 3.71. The third-order valence-corrected chi connectivity index (χ3v) is 27.7. The number of phenolic OH excluding ortho intramolecular Hbond substituents is 1. The maximum Gasteiger partial charge on any atom is 0.353 e. The van der Waals surface area contributed by atoms with E-state index in [1.807, 2.05) is 18.2 Å². The number of benzene rings is 4. The van der Waals surface area contributed by atoms with Gasteiger partial charge in [-0.1, -0.05) is 222 Å². The van der Waals surface area contributed by atoms with Crippen LogP contribution in [0.25, 0.3) is 0 Å². The number of hydrogen-bond donors (Lipinski definition) is 1. The molecule has 0 spiro atoms. The number of phenols is 1. The molecule has 1 N–H and O–H groups in total. The highest BCUT2D eigenvalue weighted by molar-refractivity contribution is 8.30. The van der Waals surface area contributed by atoms with Crippen molar-refractivity contribution in [2.75, 3.05) is 0 Å². The summed E-state index contributed by atoms with van der Waals surface area (Å²) in [5.41, 5.74) is 15.0. The molecule has 0 bridgehead atoms. The standard InChI is InChI=1S/C79H110O3S/c80-75-49-29-28-48-68(75)79(81)82-83(76-69(59-36-16-4-17-37-59)50-65(56-30-10-1-11-31-56)51-70(76)60-38-18-5-19-39-60,77-71(61-40-20-6-21-41-61)52-66(57-32-12-2-13-33-57)53-72(77)62-42-22-7-23-43-62)78-73(63-44-24-8-25-45-63)54-67(58-34-14-3-15-35-58)55-74(78)64-46-26-9-27-47-64/h28-29,48-64,80H,1-27,30-47H2. The van der Waals surface area contributed by atoms with Gasteiger partial charge in [0.25, 0.3) is 0 Å². The van der Waals surface area contributed by atoms with Gasteiger partial charge in [-0.15, -0.1) is 0 Å². The van der Waals surface area contributed by atoms with Crippen molar-refractivity contribution in [2.24, 2.45) is 0 Å². The third kappa shape index (κ3) is 12.7. The van der Waals surface area contributed by atoms with E-state index in [-0.39, 0.29) is 11.7 Å². The van der Waals surface area contributed by atoms with Crippen LogP contribution >= 0.6 is 10.3 Å². The Kier molecular flexibility index (Phi) is 19.5. The topological polar surface area (TPSA) is 46.5 Å². The van der Waals surface area contributed by atoms with Gasteiger partial charge in [-0.25, -0.2) is 4.79 Å². The van der Waals surface area contributed by atoms with E-state index in [1.165, 1.54) is 289 Å². The Morgan fingerprint density at radius 2 is 0.506 bits per heavy atom. The first-order chi connectivity index (χ1) is 41.0. The van der Waals surface area contributed by atoms with Gasteiger partial charge in [0.1, 0.15) is 11.3 Å². The normalized spacial score (nSPS) is 24.0. The van der Waals surface area contributed by atoms with Crippen LogP contribution in [0.4, 0.5) is 0 Å². The van der Waals surface area contributed by atoms with Crippen molar-refractivity contribution >= 4 is 16.3 Å². The summed E-state index contributed by atoms with van der Waals surface area (Å²) in [6, 6.07) is 24.9. The van der Waals surface area contributed by atoms with Gasteiger partial charge in [-0.2, -0.15) is 0 Å². The second kappa shape index (κ2) is 27.7. The van der Waals surface area contributed by atoms with E-state index in [2.05, 4.69) is 36.4 Å². The maximum atomic E-state index is 17.1. The Bertz CT molecular complexity index is 2400. The second-order valence-electron chi connectivity index (χ2n) is 29.5. The van der Waals surface area contributed by atoms with Crippen LogP contribution in [0.15, 0.2) is 75.4 Å². The van der Waals surface area contributed by atoms with Crippen molar-refractivity contribution in [1.29, 1.82) is 0 Å². The highest BCUT2D eigenvalue weighted by atomic mass is 32.3. The van der Waals surface area contributed by atoms with Gasteiger partial charge in [0, 0.05) is 14.7 Å². The summed E-state index contributed by atoms with van der Waals surface area (Å²) in [6.45, 7) is 0. The third-order valence-electron chi connectivity index (χ3n) is 24.2. The van der Waals surface area contributed by atoms with E-state index in [1.54, 1.807) is 70.8 Å². The lowest BCUT2D eigenvalue weighted by molar-refractivity contribution is 0.0753. The minimum atomic E-state index is -2.98. The minimum Gasteiger partial charge on any atom is -0.507 e. The Hall–Kier alpha value is -3.50. The molecule has 0 radical (unpaired) electrons. The lowest BCUT2D eigenvalue weighted by atomic mass is 9.75. The van der Waals surface area contributed by atoms with Crippen molar-refractivity contribution in [3.63, 3.8) is 0 Å². The first-order valence-corrected chi connectivity index (χ1v) is 38.0. The molecule has 4 aromatic rings. The molecule has 0 saturated heterocycles. The van der Waals surface area contributed by atoms with Gasteiger partial charge in [0.2, 0.25) is 0 Å². The lowest BCUT2D eigenvalue weighted by Gasteiger charge is -2.51. The highest BCUT2D eigenvalue weighted by Gasteiger charge is 2.51. The molecule has 0 atom stereocenters. The van der Waals surface area contributed by atoms with Crippen LogP contribution in [0.1, 0.15) is 403 Å². The molecule has 9 aliphatic rings. The SMILES string of the molecule is O=C(OS(c1c(C2CCCCC2)cc(C2CCCCC2)cc1C1CCCCC1)(c1c(C2CCCCC2)cc(C2CCCCC2)cc1C1CCCCC1)c1c(C2CCCCC2)cc(C2CCCCC2)cc1C1CCCCC1)c1ccccc1O. The van der Waals surface area contributed by atoms with Gasteiger partial charge >= 0.3 is 5.97 Å². The number of carbonyl (C=O) groups excluding carboxylic acids is 1. The summed E-state index contributed by atoms with van der Waals surface area (Å²) >= 11 is 0. The fourth-order valence-electron chi connectivity index (χ4n) is 19.6. The Balaban J connectivity index is 1.26. The van der Waals surface area contributed by atoms with Crippen LogP contribution in [-0.4, -0.2) is 11.1 Å². The molecule has 9 aliphatic carbocycles. The number of aromatic hydroxyl groups is 1. The largest absolute Gasteiger partial charge is 0.507 e. The van der Waals surface area contributed by atoms with E-state index in [0.717, 1.165) is 0 Å². The van der Waals surface area contributed by atoms with E-state index < -0.39 is 10.3 Å². The zero-order chi connectivity index (χ0) is 56.0. The second-order valence-corrected chi connectivity index (χ2v) is 32.0. The molecule has 0 aliphatic heterocycles. The van der Waals surface area contributed by atoms with Crippen LogP contribution in [0.2, 0.25) is 0 Å². The molecule has 4 aromatic carbocycles.